The third-order valence-electron chi connectivity index (χ3n) is 3.60. The minimum absolute atomic E-state index is 0. The number of azo groups is 1. The molecule has 3 aromatic carbocycles. The number of rotatable bonds is 4. The molecule has 0 fully saturated rings. The van der Waals surface area contributed by atoms with Crippen LogP contribution in [0, 0.1) is 0 Å². The van der Waals surface area contributed by atoms with Crippen molar-refractivity contribution in [1.82, 2.24) is 0 Å². The first-order valence-electron chi connectivity index (χ1n) is 7.25. The molecule has 0 spiro atoms. The second-order valence-electron chi connectivity index (χ2n) is 5.42. The van der Waals surface area contributed by atoms with Crippen LogP contribution in [0.25, 0.3) is 10.8 Å². The van der Waals surface area contributed by atoms with Gasteiger partial charge in [0.15, 0.2) is 0 Å². The topological polar surface area (TPSA) is 159 Å². The molecule has 1 N–H and O–H groups in total. The van der Waals surface area contributed by atoms with Crippen LogP contribution in [0.5, 0.6) is 5.75 Å². The first-order chi connectivity index (χ1) is 12.6. The average Bonchev–Trinajstić information content (AvgIpc) is 2.59. The summed E-state index contributed by atoms with van der Waals surface area (Å²) in [4.78, 5) is -0.832. The van der Waals surface area contributed by atoms with Gasteiger partial charge in [0.05, 0.1) is 21.2 Å². The van der Waals surface area contributed by atoms with Crippen LogP contribution in [0.15, 0.2) is 74.6 Å². The summed E-state index contributed by atoms with van der Waals surface area (Å²) in [5.41, 5.74) is -0.0670. The van der Waals surface area contributed by atoms with Gasteiger partial charge in [0.1, 0.15) is 10.1 Å². The van der Waals surface area contributed by atoms with E-state index in [1.165, 1.54) is 30.3 Å². The number of hydrogen-bond acceptors (Lipinski definition) is 8. The Balaban J connectivity index is 0.00000210. The Kier molecular flexibility index (Phi) is 10.2. The van der Waals surface area contributed by atoms with Crippen molar-refractivity contribution in [2.45, 2.75) is 9.79 Å². The van der Waals surface area contributed by atoms with Crippen LogP contribution >= 0.6 is 0 Å². The smallest absolute Gasteiger partial charge is 0.871 e. The first kappa shape index (κ1) is 27.4. The van der Waals surface area contributed by atoms with Gasteiger partial charge in [-0.1, -0.05) is 30.0 Å². The molecule has 140 valence electrons. The van der Waals surface area contributed by atoms with Crippen molar-refractivity contribution in [2.24, 2.45) is 10.2 Å². The monoisotopic (exact) mass is 484 g/mol. The van der Waals surface area contributed by atoms with E-state index < -0.39 is 30.9 Å². The summed E-state index contributed by atoms with van der Waals surface area (Å²) in [7, 11) is -9.07. The zero-order chi connectivity index (χ0) is 19.8. The molecule has 3 aromatic rings. The van der Waals surface area contributed by atoms with Gasteiger partial charge in [-0.3, -0.25) is 4.55 Å². The zero-order valence-electron chi connectivity index (χ0n) is 15.3. The average molecular weight is 485 g/mol. The molecule has 0 radical (unpaired) electrons. The summed E-state index contributed by atoms with van der Waals surface area (Å²) >= 11 is 0. The minimum atomic E-state index is -4.66. The number of benzene rings is 3. The zero-order valence-corrected chi connectivity index (χ0v) is 23.2. The number of hydrogen-bond donors (Lipinski definition) is 1. The van der Waals surface area contributed by atoms with E-state index >= 15 is 0 Å². The standard InChI is InChI=1S/C16H12N2O7S2.2K/c19-15-7-4-10-8-13(27(23,24)25)5-6-14(10)16(15)18-17-11-2-1-3-12(9-11)26(20,21)22;;/h1-9,19H,(H,20,21,22)(H,23,24,25);;/q;2*+1/p-2. The molecule has 0 aliphatic carbocycles. The van der Waals surface area contributed by atoms with Crippen molar-refractivity contribution in [1.29, 1.82) is 0 Å². The molecule has 13 heteroatoms. The molecule has 0 aliphatic rings. The van der Waals surface area contributed by atoms with Crippen molar-refractivity contribution in [2.75, 3.05) is 0 Å². The molecular formula is C16H10K2N2O7S2. The van der Waals surface area contributed by atoms with Crippen molar-refractivity contribution in [3.63, 3.8) is 0 Å². The molecule has 9 nitrogen and oxygen atoms in total. The van der Waals surface area contributed by atoms with E-state index in [4.69, 9.17) is 4.55 Å². The number of nitrogens with zero attached hydrogens (tertiary/aromatic N) is 2. The van der Waals surface area contributed by atoms with Crippen LogP contribution in [0.3, 0.4) is 0 Å². The Bertz CT molecular complexity index is 1290. The molecule has 3 rings (SSSR count). The summed E-state index contributed by atoms with van der Waals surface area (Å²) < 4.78 is 64.7. The van der Waals surface area contributed by atoms with Gasteiger partial charge in [-0.15, -0.1) is 0 Å². The Morgan fingerprint density at radius 2 is 1.52 bits per heavy atom. The summed E-state index contributed by atoms with van der Waals surface area (Å²) in [5.74, 6) is -0.501. The van der Waals surface area contributed by atoms with E-state index in [9.17, 15) is 26.5 Å². The molecule has 0 atom stereocenters. The SMILES string of the molecule is O=S(=O)([O-])c1cccc(N=Nc2c([O-])ccc3cc(S(=O)(=O)O)ccc23)c1.[K+].[K+]. The Morgan fingerprint density at radius 1 is 0.828 bits per heavy atom. The van der Waals surface area contributed by atoms with Gasteiger partial charge in [0, 0.05) is 5.39 Å². The van der Waals surface area contributed by atoms with E-state index in [0.29, 0.717) is 5.39 Å². The fourth-order valence-electron chi connectivity index (χ4n) is 2.34. The van der Waals surface area contributed by atoms with E-state index in [-0.39, 0.29) is 124 Å². The molecule has 0 heterocycles. The second-order valence-corrected chi connectivity index (χ2v) is 8.22. The molecule has 0 aliphatic heterocycles. The molecular weight excluding hydrogens is 475 g/mol. The van der Waals surface area contributed by atoms with Crippen molar-refractivity contribution in [3.8, 4) is 5.75 Å². The molecule has 29 heavy (non-hydrogen) atoms. The fraction of sp³-hybridized carbons (Fsp3) is 0. The molecule has 0 bridgehead atoms. The molecule has 0 saturated heterocycles. The maximum Gasteiger partial charge on any atom is 1.00 e. The van der Waals surface area contributed by atoms with Crippen LogP contribution < -0.4 is 108 Å². The van der Waals surface area contributed by atoms with Crippen molar-refractivity contribution < 1.29 is 134 Å². The normalized spacial score (nSPS) is 11.8. The molecule has 0 saturated carbocycles. The van der Waals surface area contributed by atoms with Gasteiger partial charge in [0.2, 0.25) is 0 Å². The van der Waals surface area contributed by atoms with E-state index in [1.807, 2.05) is 0 Å². The van der Waals surface area contributed by atoms with Gasteiger partial charge < -0.3 is 9.66 Å². The van der Waals surface area contributed by atoms with Crippen molar-refractivity contribution >= 4 is 42.4 Å². The first-order valence-corrected chi connectivity index (χ1v) is 10.1. The van der Waals surface area contributed by atoms with E-state index in [2.05, 4.69) is 10.2 Å². The number of fused-ring (bicyclic) bond motifs is 1. The quantitative estimate of drug-likeness (QED) is 0.228. The van der Waals surface area contributed by atoms with Crippen LogP contribution in [-0.2, 0) is 20.2 Å². The van der Waals surface area contributed by atoms with Gasteiger partial charge in [-0.2, -0.15) is 18.6 Å². The van der Waals surface area contributed by atoms with Crippen LogP contribution in [0.2, 0.25) is 0 Å². The van der Waals surface area contributed by atoms with Crippen LogP contribution in [-0.4, -0.2) is 25.9 Å². The van der Waals surface area contributed by atoms with Crippen LogP contribution in [0.4, 0.5) is 11.4 Å². The Labute approximate surface area is 252 Å². The van der Waals surface area contributed by atoms with Gasteiger partial charge >= 0.3 is 103 Å². The third kappa shape index (κ3) is 6.95. The Morgan fingerprint density at radius 3 is 2.14 bits per heavy atom. The van der Waals surface area contributed by atoms with Crippen LogP contribution in [0.1, 0.15) is 0 Å². The van der Waals surface area contributed by atoms with Gasteiger partial charge in [0.25, 0.3) is 10.1 Å². The summed E-state index contributed by atoms with van der Waals surface area (Å²) in [5, 5.41) is 20.3. The van der Waals surface area contributed by atoms with Crippen molar-refractivity contribution in [3.05, 3.63) is 54.6 Å². The summed E-state index contributed by atoms with van der Waals surface area (Å²) in [6, 6.07) is 10.9. The van der Waals surface area contributed by atoms with E-state index in [1.54, 1.807) is 0 Å². The third-order valence-corrected chi connectivity index (χ3v) is 5.28. The fourth-order valence-corrected chi connectivity index (χ4v) is 3.37. The van der Waals surface area contributed by atoms with Gasteiger partial charge in [-0.05, 0) is 35.7 Å². The maximum atomic E-state index is 12.1. The largest absolute Gasteiger partial charge is 1.00 e. The summed E-state index contributed by atoms with van der Waals surface area (Å²) in [6.45, 7) is 0. The molecule has 0 unspecified atom stereocenters. The van der Waals surface area contributed by atoms with Gasteiger partial charge in [-0.25, -0.2) is 8.42 Å². The predicted octanol–water partition coefficient (Wildman–Crippen LogP) is -3.51. The summed E-state index contributed by atoms with van der Waals surface area (Å²) in [6.07, 6.45) is 0. The molecule has 0 aromatic heterocycles. The second kappa shape index (κ2) is 10.8. The van der Waals surface area contributed by atoms with E-state index in [0.717, 1.165) is 24.3 Å². The Hall–Kier alpha value is 0.413. The predicted molar refractivity (Wildman–Crippen MR) is 91.8 cm³/mol. The molecule has 0 amide bonds. The minimum Gasteiger partial charge on any atom is -0.871 e. The maximum absolute atomic E-state index is 12.1.